The number of anilines is 1. The van der Waals surface area contributed by atoms with Crippen molar-refractivity contribution in [2.45, 2.75) is 18.2 Å². The molecule has 0 radical (unpaired) electrons. The molecular weight excluding hydrogens is 429 g/mol. The second-order valence-corrected chi connectivity index (χ2v) is 8.49. The van der Waals surface area contributed by atoms with Crippen molar-refractivity contribution in [1.29, 1.82) is 0 Å². The Morgan fingerprint density at radius 1 is 1.21 bits per heavy atom. The van der Waals surface area contributed by atoms with Gasteiger partial charge in [0.15, 0.2) is 4.90 Å². The fourth-order valence-corrected chi connectivity index (χ4v) is 4.42. The molecule has 150 valence electrons. The molecular formula is C17H17Cl2N3O5S. The molecule has 0 heterocycles. The third-order valence-corrected chi connectivity index (χ3v) is 6.13. The fraction of sp³-hybridized carbons (Fsp3) is 0.235. The second kappa shape index (κ2) is 9.33. The van der Waals surface area contributed by atoms with E-state index >= 15 is 0 Å². The van der Waals surface area contributed by atoms with Crippen LogP contribution in [-0.4, -0.2) is 36.6 Å². The maximum atomic E-state index is 13.0. The lowest BCUT2D eigenvalue weighted by Gasteiger charge is -2.21. The van der Waals surface area contributed by atoms with E-state index in [0.717, 1.165) is 16.4 Å². The predicted molar refractivity (Wildman–Crippen MR) is 107 cm³/mol. The lowest BCUT2D eigenvalue weighted by atomic mass is 10.3. The maximum Gasteiger partial charge on any atom is 0.289 e. The molecule has 11 heteroatoms. The van der Waals surface area contributed by atoms with Crippen molar-refractivity contribution in [3.05, 3.63) is 62.6 Å². The minimum absolute atomic E-state index is 0.00504. The minimum atomic E-state index is -4.27. The molecule has 0 aromatic heterocycles. The summed E-state index contributed by atoms with van der Waals surface area (Å²) in [5.74, 6) is -0.653. The van der Waals surface area contributed by atoms with E-state index in [4.69, 9.17) is 23.2 Å². The largest absolute Gasteiger partial charge is 0.324 e. The lowest BCUT2D eigenvalue weighted by molar-refractivity contribution is -0.387. The van der Waals surface area contributed by atoms with Crippen molar-refractivity contribution in [2.75, 3.05) is 18.4 Å². The molecule has 0 saturated heterocycles. The quantitative estimate of drug-likeness (QED) is 0.488. The van der Waals surface area contributed by atoms with Gasteiger partial charge in [0, 0.05) is 17.6 Å². The van der Waals surface area contributed by atoms with E-state index in [2.05, 4.69) is 5.32 Å². The topological polar surface area (TPSA) is 110 Å². The molecule has 0 fully saturated rings. The zero-order chi connectivity index (χ0) is 20.9. The zero-order valence-electron chi connectivity index (χ0n) is 14.8. The predicted octanol–water partition coefficient (Wildman–Crippen LogP) is 3.94. The Labute approximate surface area is 172 Å². The lowest BCUT2D eigenvalue weighted by Crippen LogP contribution is -2.38. The van der Waals surface area contributed by atoms with Crippen LogP contribution in [0.25, 0.3) is 0 Å². The Morgan fingerprint density at radius 2 is 1.89 bits per heavy atom. The van der Waals surface area contributed by atoms with Crippen molar-refractivity contribution in [3.63, 3.8) is 0 Å². The van der Waals surface area contributed by atoms with E-state index in [1.165, 1.54) is 24.3 Å². The first-order valence-corrected chi connectivity index (χ1v) is 10.3. The summed E-state index contributed by atoms with van der Waals surface area (Å²) in [5, 5.41) is 14.3. The van der Waals surface area contributed by atoms with Gasteiger partial charge in [-0.15, -0.1) is 0 Å². The third-order valence-electron chi connectivity index (χ3n) is 3.68. The summed E-state index contributed by atoms with van der Waals surface area (Å²) in [6.07, 6.45) is 0.408. The zero-order valence-corrected chi connectivity index (χ0v) is 17.1. The van der Waals surface area contributed by atoms with E-state index in [0.29, 0.717) is 11.4 Å². The third kappa shape index (κ3) is 5.20. The molecule has 1 amide bonds. The Hall–Kier alpha value is -2.20. The SMILES string of the molecule is CCCN(CC(=O)Nc1cc(Cl)ccc1Cl)S(=O)(=O)c1ccccc1[N+](=O)[O-]. The number of carbonyl (C=O) groups is 1. The number of para-hydroxylation sites is 1. The monoisotopic (exact) mass is 445 g/mol. The highest BCUT2D eigenvalue weighted by Crippen LogP contribution is 2.27. The molecule has 0 aliphatic heterocycles. The summed E-state index contributed by atoms with van der Waals surface area (Å²) in [5.41, 5.74) is -0.319. The van der Waals surface area contributed by atoms with Crippen LogP contribution < -0.4 is 5.32 Å². The number of rotatable bonds is 8. The van der Waals surface area contributed by atoms with Crippen LogP contribution in [0.1, 0.15) is 13.3 Å². The number of halogens is 2. The van der Waals surface area contributed by atoms with Gasteiger partial charge in [-0.1, -0.05) is 42.3 Å². The Morgan fingerprint density at radius 3 is 2.54 bits per heavy atom. The van der Waals surface area contributed by atoms with Crippen molar-refractivity contribution in [3.8, 4) is 0 Å². The summed E-state index contributed by atoms with van der Waals surface area (Å²) in [6.45, 7) is 1.20. The first-order chi connectivity index (χ1) is 13.2. The highest BCUT2D eigenvalue weighted by Gasteiger charge is 2.32. The van der Waals surface area contributed by atoms with Gasteiger partial charge < -0.3 is 5.32 Å². The molecule has 2 aromatic rings. The average molecular weight is 446 g/mol. The molecule has 2 aromatic carbocycles. The number of nitrogens with zero attached hydrogens (tertiary/aromatic N) is 2. The number of sulfonamides is 1. The molecule has 0 unspecified atom stereocenters. The molecule has 0 aliphatic carbocycles. The van der Waals surface area contributed by atoms with Crippen molar-refractivity contribution in [2.24, 2.45) is 0 Å². The van der Waals surface area contributed by atoms with Gasteiger partial charge >= 0.3 is 0 Å². The van der Waals surface area contributed by atoms with Crippen molar-refractivity contribution in [1.82, 2.24) is 4.31 Å². The summed E-state index contributed by atoms with van der Waals surface area (Å²) >= 11 is 11.9. The van der Waals surface area contributed by atoms with Crippen LogP contribution in [0, 0.1) is 10.1 Å². The standard InChI is InChI=1S/C17H17Cl2N3O5S/c1-2-9-21(11-17(23)20-14-10-12(18)7-8-13(14)19)28(26,27)16-6-4-3-5-15(16)22(24)25/h3-8,10H,2,9,11H2,1H3,(H,20,23). The molecule has 2 rings (SSSR count). The second-order valence-electron chi connectivity index (χ2n) is 5.74. The number of nitrogens with one attached hydrogen (secondary N) is 1. The smallest absolute Gasteiger partial charge is 0.289 e. The number of hydrogen-bond acceptors (Lipinski definition) is 5. The molecule has 0 bridgehead atoms. The Balaban J connectivity index is 2.31. The van der Waals surface area contributed by atoms with Crippen molar-refractivity contribution < 1.29 is 18.1 Å². The van der Waals surface area contributed by atoms with Crippen LogP contribution in [0.3, 0.4) is 0 Å². The first kappa shape index (κ1) is 22.1. The maximum absolute atomic E-state index is 13.0. The molecule has 0 saturated carbocycles. The van der Waals surface area contributed by atoms with E-state index in [1.807, 2.05) is 0 Å². The van der Waals surface area contributed by atoms with Gasteiger partial charge in [-0.3, -0.25) is 14.9 Å². The van der Waals surface area contributed by atoms with E-state index in [9.17, 15) is 23.3 Å². The molecule has 28 heavy (non-hydrogen) atoms. The van der Waals surface area contributed by atoms with Crippen LogP contribution >= 0.6 is 23.2 Å². The Kier molecular flexibility index (Phi) is 7.36. The summed E-state index contributed by atoms with van der Waals surface area (Å²) in [7, 11) is -4.27. The van der Waals surface area contributed by atoms with Gasteiger partial charge in [-0.25, -0.2) is 8.42 Å². The highest BCUT2D eigenvalue weighted by atomic mass is 35.5. The molecule has 0 atom stereocenters. The number of amides is 1. The molecule has 8 nitrogen and oxygen atoms in total. The van der Waals surface area contributed by atoms with Gasteiger partial charge in [-0.2, -0.15) is 4.31 Å². The van der Waals surface area contributed by atoms with Gasteiger partial charge in [0.1, 0.15) is 0 Å². The van der Waals surface area contributed by atoms with Crippen LogP contribution in [0.2, 0.25) is 10.0 Å². The molecule has 0 spiro atoms. The summed E-state index contributed by atoms with van der Waals surface area (Å²) in [6, 6.07) is 9.47. The van der Waals surface area contributed by atoms with Crippen LogP contribution in [-0.2, 0) is 14.8 Å². The van der Waals surface area contributed by atoms with Gasteiger partial charge in [0.25, 0.3) is 5.69 Å². The normalized spacial score (nSPS) is 11.4. The number of hydrogen-bond donors (Lipinski definition) is 1. The van der Waals surface area contributed by atoms with Gasteiger partial charge in [0.2, 0.25) is 15.9 Å². The van der Waals surface area contributed by atoms with Crippen LogP contribution in [0.4, 0.5) is 11.4 Å². The van der Waals surface area contributed by atoms with Gasteiger partial charge in [-0.05, 0) is 30.7 Å². The van der Waals surface area contributed by atoms with Crippen LogP contribution in [0.15, 0.2) is 47.4 Å². The fourth-order valence-electron chi connectivity index (χ4n) is 2.44. The van der Waals surface area contributed by atoms with E-state index < -0.39 is 38.0 Å². The van der Waals surface area contributed by atoms with Crippen molar-refractivity contribution >= 4 is 50.5 Å². The van der Waals surface area contributed by atoms with Crippen LogP contribution in [0.5, 0.6) is 0 Å². The number of nitro benzene ring substituents is 1. The van der Waals surface area contributed by atoms with Gasteiger partial charge in [0.05, 0.1) is 22.2 Å². The molecule has 1 N–H and O–H groups in total. The van der Waals surface area contributed by atoms with E-state index in [1.54, 1.807) is 13.0 Å². The first-order valence-electron chi connectivity index (χ1n) is 8.15. The van der Waals surface area contributed by atoms with E-state index in [-0.39, 0.29) is 17.3 Å². The number of nitro groups is 1. The molecule has 0 aliphatic rings. The summed E-state index contributed by atoms with van der Waals surface area (Å²) in [4.78, 5) is 22.4. The highest BCUT2D eigenvalue weighted by molar-refractivity contribution is 7.89. The Bertz CT molecular complexity index is 998. The minimum Gasteiger partial charge on any atom is -0.324 e. The number of carbonyl (C=O) groups excluding carboxylic acids is 1. The average Bonchev–Trinajstić information content (AvgIpc) is 2.64. The number of benzene rings is 2. The summed E-state index contributed by atoms with van der Waals surface area (Å²) < 4.78 is 26.8.